The van der Waals surface area contributed by atoms with Crippen LogP contribution in [0.1, 0.15) is 29.3 Å². The number of hydrogen-bond acceptors (Lipinski definition) is 6. The first kappa shape index (κ1) is 14.1. The minimum absolute atomic E-state index is 0.658. The average Bonchev–Trinajstić information content (AvgIpc) is 3.24. The topological polar surface area (TPSA) is 47.5 Å². The lowest BCUT2D eigenvalue weighted by Gasteiger charge is -2.16. The number of methoxy groups -OCH3 is 2. The second kappa shape index (κ2) is 5.89. The highest BCUT2D eigenvalue weighted by atomic mass is 32.1. The van der Waals surface area contributed by atoms with Crippen LogP contribution in [-0.4, -0.2) is 31.5 Å². The number of ether oxygens (including phenoxy) is 2. The maximum atomic E-state index is 5.34. The summed E-state index contributed by atoms with van der Waals surface area (Å²) in [6, 6.07) is 5.97. The van der Waals surface area contributed by atoms with E-state index < -0.39 is 0 Å². The van der Waals surface area contributed by atoms with Gasteiger partial charge in [0.15, 0.2) is 11.5 Å². The summed E-state index contributed by atoms with van der Waals surface area (Å²) in [5.41, 5.74) is 1.15. The van der Waals surface area contributed by atoms with Crippen molar-refractivity contribution in [2.24, 2.45) is 0 Å². The van der Waals surface area contributed by atoms with Crippen LogP contribution >= 0.6 is 11.3 Å². The van der Waals surface area contributed by atoms with E-state index in [4.69, 9.17) is 9.47 Å². The third-order valence-corrected chi connectivity index (χ3v) is 4.75. The molecular weight excluding hydrogens is 286 g/mol. The summed E-state index contributed by atoms with van der Waals surface area (Å²) < 4.78 is 10.6. The molecule has 3 rings (SSSR count). The monoisotopic (exact) mass is 305 g/mol. The molecule has 0 radical (unpaired) electrons. The van der Waals surface area contributed by atoms with E-state index in [0.717, 1.165) is 28.7 Å². The van der Waals surface area contributed by atoms with Crippen LogP contribution in [0.2, 0.25) is 0 Å². The van der Waals surface area contributed by atoms with E-state index in [2.05, 4.69) is 15.1 Å². The Morgan fingerprint density at radius 3 is 2.62 bits per heavy atom. The van der Waals surface area contributed by atoms with E-state index in [-0.39, 0.29) is 0 Å². The van der Waals surface area contributed by atoms with Gasteiger partial charge in [-0.2, -0.15) is 0 Å². The SMILES string of the molecule is COc1ccc(CN(C)c2nnc(C3CC3)s2)cc1OC. The summed E-state index contributed by atoms with van der Waals surface area (Å²) in [4.78, 5) is 2.12. The van der Waals surface area contributed by atoms with Crippen molar-refractivity contribution >= 4 is 16.5 Å². The molecular formula is C15H19N3O2S. The molecule has 0 saturated heterocycles. The Morgan fingerprint density at radius 2 is 1.95 bits per heavy atom. The molecule has 0 bridgehead atoms. The van der Waals surface area contributed by atoms with Gasteiger partial charge in [0, 0.05) is 19.5 Å². The van der Waals surface area contributed by atoms with Crippen LogP contribution in [0.5, 0.6) is 11.5 Å². The molecule has 6 heteroatoms. The zero-order valence-electron chi connectivity index (χ0n) is 12.5. The quantitative estimate of drug-likeness (QED) is 0.821. The fraction of sp³-hybridized carbons (Fsp3) is 0.467. The normalized spacial score (nSPS) is 14.0. The van der Waals surface area contributed by atoms with Crippen molar-refractivity contribution in [3.05, 3.63) is 28.8 Å². The van der Waals surface area contributed by atoms with E-state index in [1.54, 1.807) is 25.6 Å². The lowest BCUT2D eigenvalue weighted by Crippen LogP contribution is -2.16. The van der Waals surface area contributed by atoms with Crippen molar-refractivity contribution in [1.82, 2.24) is 10.2 Å². The minimum atomic E-state index is 0.658. The van der Waals surface area contributed by atoms with Crippen LogP contribution in [0.15, 0.2) is 18.2 Å². The highest BCUT2D eigenvalue weighted by Gasteiger charge is 2.28. The second-order valence-corrected chi connectivity index (χ2v) is 6.23. The number of hydrogen-bond donors (Lipinski definition) is 0. The maximum absolute atomic E-state index is 5.34. The fourth-order valence-electron chi connectivity index (χ4n) is 2.20. The molecule has 0 amide bonds. The number of rotatable bonds is 6. The smallest absolute Gasteiger partial charge is 0.208 e. The van der Waals surface area contributed by atoms with Gasteiger partial charge in [-0.3, -0.25) is 0 Å². The Morgan fingerprint density at radius 1 is 1.19 bits per heavy atom. The highest BCUT2D eigenvalue weighted by molar-refractivity contribution is 7.15. The van der Waals surface area contributed by atoms with Gasteiger partial charge < -0.3 is 14.4 Å². The standard InChI is InChI=1S/C15H19N3O2S/c1-18(15-17-16-14(21-15)11-5-6-11)9-10-4-7-12(19-2)13(8-10)20-3/h4,7-8,11H,5-6,9H2,1-3H3. The molecule has 1 heterocycles. The molecule has 0 atom stereocenters. The van der Waals surface area contributed by atoms with Crippen LogP contribution in [-0.2, 0) is 6.54 Å². The first-order valence-electron chi connectivity index (χ1n) is 6.96. The molecule has 2 aromatic rings. The predicted octanol–water partition coefficient (Wildman–Crippen LogP) is 3.07. The van der Waals surface area contributed by atoms with Gasteiger partial charge in [-0.1, -0.05) is 17.4 Å². The van der Waals surface area contributed by atoms with Crippen LogP contribution in [0, 0.1) is 0 Å². The predicted molar refractivity (Wildman–Crippen MR) is 83.5 cm³/mol. The Bertz CT molecular complexity index is 625. The van der Waals surface area contributed by atoms with E-state index in [1.807, 2.05) is 25.2 Å². The van der Waals surface area contributed by atoms with Gasteiger partial charge in [-0.25, -0.2) is 0 Å². The van der Waals surface area contributed by atoms with Crippen LogP contribution < -0.4 is 14.4 Å². The molecule has 5 nitrogen and oxygen atoms in total. The number of anilines is 1. The molecule has 1 aliphatic rings. The molecule has 1 fully saturated rings. The molecule has 1 aromatic heterocycles. The van der Waals surface area contributed by atoms with Gasteiger partial charge in [-0.15, -0.1) is 10.2 Å². The van der Waals surface area contributed by atoms with Crippen molar-refractivity contribution in [1.29, 1.82) is 0 Å². The third kappa shape index (κ3) is 3.10. The Kier molecular flexibility index (Phi) is 3.96. The maximum Gasteiger partial charge on any atom is 0.208 e. The van der Waals surface area contributed by atoms with Gasteiger partial charge >= 0.3 is 0 Å². The molecule has 0 N–H and O–H groups in total. The Balaban J connectivity index is 1.72. The molecule has 0 aliphatic heterocycles. The summed E-state index contributed by atoms with van der Waals surface area (Å²) in [5.74, 6) is 2.15. The lowest BCUT2D eigenvalue weighted by atomic mass is 10.2. The molecule has 0 unspecified atom stereocenters. The van der Waals surface area contributed by atoms with Gasteiger partial charge in [0.25, 0.3) is 0 Å². The zero-order chi connectivity index (χ0) is 14.8. The summed E-state index contributed by atoms with van der Waals surface area (Å²) in [6.07, 6.45) is 2.52. The van der Waals surface area contributed by atoms with Crippen LogP contribution in [0.4, 0.5) is 5.13 Å². The summed E-state index contributed by atoms with van der Waals surface area (Å²) in [6.45, 7) is 0.764. The van der Waals surface area contributed by atoms with Gasteiger partial charge in [-0.05, 0) is 30.5 Å². The Labute approximate surface area is 128 Å². The first-order chi connectivity index (χ1) is 10.2. The fourth-order valence-corrected chi connectivity index (χ4v) is 3.17. The van der Waals surface area contributed by atoms with Gasteiger partial charge in [0.2, 0.25) is 5.13 Å². The van der Waals surface area contributed by atoms with Crippen molar-refractivity contribution in [2.75, 3.05) is 26.2 Å². The minimum Gasteiger partial charge on any atom is -0.493 e. The molecule has 1 aliphatic carbocycles. The zero-order valence-corrected chi connectivity index (χ0v) is 13.3. The third-order valence-electron chi connectivity index (χ3n) is 3.55. The number of nitrogens with zero attached hydrogens (tertiary/aromatic N) is 3. The van der Waals surface area contributed by atoms with Crippen molar-refractivity contribution in [3.63, 3.8) is 0 Å². The Hall–Kier alpha value is -1.82. The molecule has 21 heavy (non-hydrogen) atoms. The van der Waals surface area contributed by atoms with E-state index >= 15 is 0 Å². The van der Waals surface area contributed by atoms with Crippen molar-refractivity contribution in [3.8, 4) is 11.5 Å². The van der Waals surface area contributed by atoms with Crippen molar-refractivity contribution < 1.29 is 9.47 Å². The molecule has 112 valence electrons. The molecule has 1 saturated carbocycles. The first-order valence-corrected chi connectivity index (χ1v) is 7.78. The molecule has 0 spiro atoms. The highest BCUT2D eigenvalue weighted by Crippen LogP contribution is 2.42. The second-order valence-electron chi connectivity index (χ2n) is 5.24. The number of aromatic nitrogens is 2. The molecule has 1 aromatic carbocycles. The largest absolute Gasteiger partial charge is 0.493 e. The van der Waals surface area contributed by atoms with Gasteiger partial charge in [0.05, 0.1) is 14.2 Å². The average molecular weight is 305 g/mol. The van der Waals surface area contributed by atoms with Crippen LogP contribution in [0.25, 0.3) is 0 Å². The van der Waals surface area contributed by atoms with E-state index in [9.17, 15) is 0 Å². The van der Waals surface area contributed by atoms with Crippen LogP contribution in [0.3, 0.4) is 0 Å². The lowest BCUT2D eigenvalue weighted by molar-refractivity contribution is 0.354. The van der Waals surface area contributed by atoms with E-state index in [0.29, 0.717) is 5.92 Å². The van der Waals surface area contributed by atoms with Gasteiger partial charge in [0.1, 0.15) is 5.01 Å². The summed E-state index contributed by atoms with van der Waals surface area (Å²) in [7, 11) is 5.33. The van der Waals surface area contributed by atoms with E-state index in [1.165, 1.54) is 17.8 Å². The number of benzene rings is 1. The summed E-state index contributed by atoms with van der Waals surface area (Å²) in [5, 5.41) is 10.7. The summed E-state index contributed by atoms with van der Waals surface area (Å²) >= 11 is 1.70. The van der Waals surface area contributed by atoms with Crippen molar-refractivity contribution in [2.45, 2.75) is 25.3 Å².